The van der Waals surface area contributed by atoms with E-state index in [0.717, 1.165) is 6.54 Å². The Morgan fingerprint density at radius 1 is 1.56 bits per heavy atom. The molecule has 3 heteroatoms. The van der Waals surface area contributed by atoms with Gasteiger partial charge in [-0.15, -0.1) is 0 Å². The predicted octanol–water partition coefficient (Wildman–Crippen LogP) is 1.83. The van der Waals surface area contributed by atoms with Crippen LogP contribution in [-0.2, 0) is 0 Å². The Kier molecular flexibility index (Phi) is 3.91. The van der Waals surface area contributed by atoms with Gasteiger partial charge in [-0.25, -0.2) is 0 Å². The van der Waals surface area contributed by atoms with Crippen LogP contribution in [0, 0.1) is 0 Å². The van der Waals surface area contributed by atoms with Crippen LogP contribution >= 0.6 is 0 Å². The number of rotatable bonds is 3. The summed E-state index contributed by atoms with van der Waals surface area (Å²) in [7, 11) is 2.22. The summed E-state index contributed by atoms with van der Waals surface area (Å²) in [5, 5.41) is 3.46. The quantitative estimate of drug-likeness (QED) is 0.840. The topological polar surface area (TPSA) is 28.2 Å². The first-order valence-corrected chi connectivity index (χ1v) is 6.11. The Morgan fingerprint density at radius 2 is 2.44 bits per heavy atom. The summed E-state index contributed by atoms with van der Waals surface area (Å²) >= 11 is 0. The van der Waals surface area contributed by atoms with E-state index in [1.54, 1.807) is 0 Å². The monoisotopic (exact) mass is 219 g/mol. The summed E-state index contributed by atoms with van der Waals surface area (Å²) in [4.78, 5) is 6.65. The number of aromatic nitrogens is 1. The molecule has 1 aromatic rings. The van der Waals surface area contributed by atoms with Gasteiger partial charge in [-0.05, 0) is 45.0 Å². The molecule has 1 N–H and O–H groups in total. The molecule has 1 fully saturated rings. The van der Waals surface area contributed by atoms with Crippen LogP contribution in [0.15, 0.2) is 24.5 Å². The van der Waals surface area contributed by atoms with E-state index in [4.69, 9.17) is 0 Å². The maximum Gasteiger partial charge on any atom is 0.0335 e. The lowest BCUT2D eigenvalue weighted by Crippen LogP contribution is -2.45. The molecule has 2 rings (SSSR count). The molecule has 2 heterocycles. The molecule has 0 bridgehead atoms. The first kappa shape index (κ1) is 11.6. The van der Waals surface area contributed by atoms with Crippen LogP contribution in [0.3, 0.4) is 0 Å². The van der Waals surface area contributed by atoms with Crippen molar-refractivity contribution in [1.29, 1.82) is 0 Å². The molecular weight excluding hydrogens is 198 g/mol. The van der Waals surface area contributed by atoms with Gasteiger partial charge in [0.15, 0.2) is 0 Å². The van der Waals surface area contributed by atoms with Crippen molar-refractivity contribution < 1.29 is 0 Å². The molecule has 2 atom stereocenters. The average molecular weight is 219 g/mol. The molecule has 0 spiro atoms. The zero-order valence-electron chi connectivity index (χ0n) is 10.2. The Labute approximate surface area is 97.9 Å². The molecule has 0 saturated carbocycles. The standard InChI is InChI=1S/C13H21N3/c1-11(12-5-3-7-14-9-12)16(2)13-6-4-8-15-10-13/h3,5,7,9,11,13,15H,4,6,8,10H2,1-2H3. The van der Waals surface area contributed by atoms with Crippen LogP contribution in [0.1, 0.15) is 31.4 Å². The van der Waals surface area contributed by atoms with E-state index in [2.05, 4.69) is 35.2 Å². The largest absolute Gasteiger partial charge is 0.315 e. The first-order valence-electron chi connectivity index (χ1n) is 6.11. The van der Waals surface area contributed by atoms with E-state index < -0.39 is 0 Å². The molecule has 1 saturated heterocycles. The number of pyridine rings is 1. The summed E-state index contributed by atoms with van der Waals surface area (Å²) in [5.41, 5.74) is 1.30. The highest BCUT2D eigenvalue weighted by Gasteiger charge is 2.22. The zero-order chi connectivity index (χ0) is 11.4. The Bertz CT molecular complexity index is 306. The van der Waals surface area contributed by atoms with Crippen LogP contribution in [0.2, 0.25) is 0 Å². The maximum absolute atomic E-state index is 4.19. The fourth-order valence-electron chi connectivity index (χ4n) is 2.36. The van der Waals surface area contributed by atoms with E-state index >= 15 is 0 Å². The van der Waals surface area contributed by atoms with Crippen molar-refractivity contribution in [3.05, 3.63) is 30.1 Å². The smallest absolute Gasteiger partial charge is 0.0335 e. The fraction of sp³-hybridized carbons (Fsp3) is 0.615. The average Bonchev–Trinajstić information content (AvgIpc) is 2.39. The van der Waals surface area contributed by atoms with Crippen LogP contribution in [0.25, 0.3) is 0 Å². The van der Waals surface area contributed by atoms with Crippen LogP contribution in [0.4, 0.5) is 0 Å². The van der Waals surface area contributed by atoms with E-state index in [1.807, 2.05) is 18.5 Å². The van der Waals surface area contributed by atoms with Crippen LogP contribution in [0.5, 0.6) is 0 Å². The lowest BCUT2D eigenvalue weighted by atomic mass is 10.0. The maximum atomic E-state index is 4.19. The third-order valence-electron chi connectivity index (χ3n) is 3.62. The second-order valence-electron chi connectivity index (χ2n) is 4.63. The van der Waals surface area contributed by atoms with Gasteiger partial charge in [-0.1, -0.05) is 6.07 Å². The molecule has 0 radical (unpaired) electrons. The van der Waals surface area contributed by atoms with Gasteiger partial charge >= 0.3 is 0 Å². The third-order valence-corrected chi connectivity index (χ3v) is 3.62. The molecule has 1 aliphatic rings. The summed E-state index contributed by atoms with van der Waals surface area (Å²) in [6.07, 6.45) is 6.39. The van der Waals surface area contributed by atoms with E-state index in [1.165, 1.54) is 24.9 Å². The highest BCUT2D eigenvalue weighted by Crippen LogP contribution is 2.22. The minimum absolute atomic E-state index is 0.443. The second kappa shape index (κ2) is 5.41. The molecular formula is C13H21N3. The van der Waals surface area contributed by atoms with Gasteiger partial charge in [0.1, 0.15) is 0 Å². The van der Waals surface area contributed by atoms with E-state index in [-0.39, 0.29) is 0 Å². The van der Waals surface area contributed by atoms with Gasteiger partial charge < -0.3 is 5.32 Å². The fourth-order valence-corrected chi connectivity index (χ4v) is 2.36. The van der Waals surface area contributed by atoms with Gasteiger partial charge in [0.2, 0.25) is 0 Å². The minimum Gasteiger partial charge on any atom is -0.315 e. The molecule has 16 heavy (non-hydrogen) atoms. The highest BCUT2D eigenvalue weighted by atomic mass is 15.2. The van der Waals surface area contributed by atoms with Crippen LogP contribution in [-0.4, -0.2) is 36.1 Å². The lowest BCUT2D eigenvalue weighted by molar-refractivity contribution is 0.156. The number of nitrogens with one attached hydrogen (secondary N) is 1. The molecule has 2 unspecified atom stereocenters. The zero-order valence-corrected chi connectivity index (χ0v) is 10.2. The van der Waals surface area contributed by atoms with E-state index in [9.17, 15) is 0 Å². The van der Waals surface area contributed by atoms with Crippen molar-refractivity contribution >= 4 is 0 Å². The molecule has 1 aromatic heterocycles. The minimum atomic E-state index is 0.443. The van der Waals surface area contributed by atoms with Crippen LogP contribution < -0.4 is 5.32 Å². The van der Waals surface area contributed by atoms with Gasteiger partial charge in [-0.3, -0.25) is 9.88 Å². The van der Waals surface area contributed by atoms with Crippen molar-refractivity contribution in [2.24, 2.45) is 0 Å². The summed E-state index contributed by atoms with van der Waals surface area (Å²) in [6, 6.07) is 5.27. The SMILES string of the molecule is CC(c1cccnc1)N(C)C1CCCNC1. The normalized spacial score (nSPS) is 23.3. The number of likely N-dealkylation sites (N-methyl/N-ethyl adjacent to an activating group) is 1. The predicted molar refractivity (Wildman–Crippen MR) is 66.3 cm³/mol. The van der Waals surface area contributed by atoms with Crippen molar-refractivity contribution in [3.63, 3.8) is 0 Å². The van der Waals surface area contributed by atoms with Crippen molar-refractivity contribution in [2.45, 2.75) is 31.8 Å². The first-order chi connectivity index (χ1) is 7.79. The summed E-state index contributed by atoms with van der Waals surface area (Å²) in [6.45, 7) is 4.54. The Balaban J connectivity index is 2.00. The number of hydrogen-bond acceptors (Lipinski definition) is 3. The third kappa shape index (κ3) is 2.60. The molecule has 0 aliphatic carbocycles. The van der Waals surface area contributed by atoms with Crippen molar-refractivity contribution in [2.75, 3.05) is 20.1 Å². The van der Waals surface area contributed by atoms with Crippen molar-refractivity contribution in [3.8, 4) is 0 Å². The molecule has 0 amide bonds. The number of piperidine rings is 1. The van der Waals surface area contributed by atoms with Gasteiger partial charge in [0.05, 0.1) is 0 Å². The highest BCUT2D eigenvalue weighted by molar-refractivity contribution is 5.13. The molecule has 88 valence electrons. The number of nitrogens with zero attached hydrogens (tertiary/aromatic N) is 2. The molecule has 3 nitrogen and oxygen atoms in total. The van der Waals surface area contributed by atoms with Crippen molar-refractivity contribution in [1.82, 2.24) is 15.2 Å². The molecule has 1 aliphatic heterocycles. The van der Waals surface area contributed by atoms with Gasteiger partial charge in [0.25, 0.3) is 0 Å². The number of hydrogen-bond donors (Lipinski definition) is 1. The summed E-state index contributed by atoms with van der Waals surface area (Å²) in [5.74, 6) is 0. The Hall–Kier alpha value is -0.930. The van der Waals surface area contributed by atoms with Gasteiger partial charge in [0, 0.05) is 31.0 Å². The lowest BCUT2D eigenvalue weighted by Gasteiger charge is -2.35. The van der Waals surface area contributed by atoms with E-state index in [0.29, 0.717) is 12.1 Å². The second-order valence-corrected chi connectivity index (χ2v) is 4.63. The summed E-state index contributed by atoms with van der Waals surface area (Å²) < 4.78 is 0. The Morgan fingerprint density at radius 3 is 3.06 bits per heavy atom. The van der Waals surface area contributed by atoms with Gasteiger partial charge in [-0.2, -0.15) is 0 Å². The molecule has 0 aromatic carbocycles.